The van der Waals surface area contributed by atoms with Crippen LogP contribution in [0.1, 0.15) is 56.6 Å². The van der Waals surface area contributed by atoms with Gasteiger partial charge in [-0.15, -0.1) is 0 Å². The van der Waals surface area contributed by atoms with E-state index >= 15 is 0 Å². The Balaban J connectivity index is 2.26. The molecule has 1 fully saturated rings. The van der Waals surface area contributed by atoms with Gasteiger partial charge in [-0.05, 0) is 42.7 Å². The summed E-state index contributed by atoms with van der Waals surface area (Å²) in [6.07, 6.45) is 4.74. The van der Waals surface area contributed by atoms with E-state index in [1.54, 1.807) is 0 Å². The smallest absolute Gasteiger partial charge is 0.0411 e. The highest BCUT2D eigenvalue weighted by molar-refractivity contribution is 5.34. The van der Waals surface area contributed by atoms with Gasteiger partial charge < -0.3 is 5.73 Å². The Morgan fingerprint density at radius 1 is 1.27 bits per heavy atom. The van der Waals surface area contributed by atoms with Gasteiger partial charge in [0.1, 0.15) is 0 Å². The molecule has 1 aromatic rings. The van der Waals surface area contributed by atoms with Crippen LogP contribution in [0.4, 0.5) is 0 Å². The molecule has 1 saturated carbocycles. The average Bonchev–Trinajstić information content (AvgIpc) is 3.00. The van der Waals surface area contributed by atoms with Crippen LogP contribution in [0, 0.1) is 0 Å². The van der Waals surface area contributed by atoms with Crippen molar-refractivity contribution in [2.24, 2.45) is 5.73 Å². The molecule has 0 radical (unpaired) electrons. The second-order valence-corrected chi connectivity index (χ2v) is 4.80. The Hall–Kier alpha value is -0.820. The van der Waals surface area contributed by atoms with Crippen molar-refractivity contribution in [3.63, 3.8) is 0 Å². The average molecular weight is 203 g/mol. The monoisotopic (exact) mass is 203 g/mol. The highest BCUT2D eigenvalue weighted by Crippen LogP contribution is 2.43. The molecule has 0 spiro atoms. The van der Waals surface area contributed by atoms with Crippen molar-refractivity contribution in [1.82, 2.24) is 0 Å². The van der Waals surface area contributed by atoms with E-state index in [0.717, 1.165) is 12.8 Å². The fourth-order valence-corrected chi connectivity index (χ4v) is 2.29. The molecule has 1 aliphatic rings. The van der Waals surface area contributed by atoms with Crippen molar-refractivity contribution in [3.05, 3.63) is 35.4 Å². The third-order valence-electron chi connectivity index (χ3n) is 3.71. The van der Waals surface area contributed by atoms with Crippen molar-refractivity contribution in [2.45, 2.75) is 51.0 Å². The molecule has 0 saturated heterocycles. The first-order chi connectivity index (χ1) is 7.19. The van der Waals surface area contributed by atoms with Crippen molar-refractivity contribution in [1.29, 1.82) is 0 Å². The number of hydrogen-bond donors (Lipinski definition) is 1. The van der Waals surface area contributed by atoms with Gasteiger partial charge >= 0.3 is 0 Å². The summed E-state index contributed by atoms with van der Waals surface area (Å²) in [5.41, 5.74) is 9.04. The van der Waals surface area contributed by atoms with Gasteiger partial charge in [-0.1, -0.05) is 38.1 Å². The first kappa shape index (κ1) is 10.7. The van der Waals surface area contributed by atoms with Crippen LogP contribution in [0.15, 0.2) is 24.3 Å². The summed E-state index contributed by atoms with van der Waals surface area (Å²) in [5.74, 6) is 0.701. The normalized spacial score (nSPS) is 18.1. The molecule has 1 nitrogen and oxygen atoms in total. The number of benzene rings is 1. The summed E-state index contributed by atoms with van der Waals surface area (Å²) in [6.45, 7) is 4.52. The Bertz CT molecular complexity index is 335. The molecule has 0 atom stereocenters. The predicted molar refractivity (Wildman–Crippen MR) is 64.9 cm³/mol. The van der Waals surface area contributed by atoms with E-state index in [2.05, 4.69) is 38.1 Å². The Kier molecular flexibility index (Phi) is 2.83. The van der Waals surface area contributed by atoms with E-state index in [9.17, 15) is 0 Å². The Morgan fingerprint density at radius 2 is 1.93 bits per heavy atom. The quantitative estimate of drug-likeness (QED) is 0.796. The summed E-state index contributed by atoms with van der Waals surface area (Å²) in [4.78, 5) is 0. The van der Waals surface area contributed by atoms with Crippen molar-refractivity contribution >= 4 is 0 Å². The Morgan fingerprint density at radius 3 is 2.47 bits per heavy atom. The van der Waals surface area contributed by atoms with Crippen LogP contribution in [-0.4, -0.2) is 0 Å². The zero-order chi connectivity index (χ0) is 10.9. The summed E-state index contributed by atoms with van der Waals surface area (Å²) in [7, 11) is 0. The molecule has 0 unspecified atom stereocenters. The van der Waals surface area contributed by atoms with Crippen LogP contribution in [0.25, 0.3) is 0 Å². The van der Waals surface area contributed by atoms with Crippen LogP contribution in [0.3, 0.4) is 0 Å². The fourth-order valence-electron chi connectivity index (χ4n) is 2.29. The lowest BCUT2D eigenvalue weighted by Crippen LogP contribution is -2.18. The summed E-state index contributed by atoms with van der Waals surface area (Å²) in [6, 6.07) is 8.91. The molecule has 15 heavy (non-hydrogen) atoms. The van der Waals surface area contributed by atoms with Gasteiger partial charge in [-0.2, -0.15) is 0 Å². The van der Waals surface area contributed by atoms with E-state index in [1.165, 1.54) is 24.0 Å². The maximum absolute atomic E-state index is 6.22. The molecule has 1 aliphatic carbocycles. The zero-order valence-electron chi connectivity index (χ0n) is 9.79. The lowest BCUT2D eigenvalue weighted by atomic mass is 9.91. The summed E-state index contributed by atoms with van der Waals surface area (Å²) < 4.78 is 0. The van der Waals surface area contributed by atoms with Gasteiger partial charge in [0, 0.05) is 5.54 Å². The predicted octanol–water partition coefficient (Wildman–Crippen LogP) is 3.54. The standard InChI is InChI=1S/C14H21N/c1-3-11(4-2)12-6-5-7-13(10-12)14(15)8-9-14/h5-7,10-11H,3-4,8-9,15H2,1-2H3. The number of hydrogen-bond acceptors (Lipinski definition) is 1. The molecular weight excluding hydrogens is 182 g/mol. The van der Waals surface area contributed by atoms with Crippen LogP contribution in [-0.2, 0) is 5.54 Å². The highest BCUT2D eigenvalue weighted by Gasteiger charge is 2.39. The third-order valence-corrected chi connectivity index (χ3v) is 3.71. The van der Waals surface area contributed by atoms with Gasteiger partial charge in [0.25, 0.3) is 0 Å². The zero-order valence-corrected chi connectivity index (χ0v) is 9.79. The van der Waals surface area contributed by atoms with E-state index in [4.69, 9.17) is 5.73 Å². The largest absolute Gasteiger partial charge is 0.321 e. The minimum absolute atomic E-state index is 0.0159. The van der Waals surface area contributed by atoms with Crippen LogP contribution in [0.5, 0.6) is 0 Å². The van der Waals surface area contributed by atoms with E-state index in [-0.39, 0.29) is 5.54 Å². The minimum Gasteiger partial charge on any atom is -0.321 e. The molecule has 0 heterocycles. The maximum atomic E-state index is 6.22. The van der Waals surface area contributed by atoms with Crippen LogP contribution in [0.2, 0.25) is 0 Å². The number of rotatable bonds is 4. The Labute approximate surface area is 92.7 Å². The molecule has 2 N–H and O–H groups in total. The van der Waals surface area contributed by atoms with E-state index in [0.29, 0.717) is 5.92 Å². The first-order valence-corrected chi connectivity index (χ1v) is 6.09. The SMILES string of the molecule is CCC(CC)c1cccc(C2(N)CC2)c1. The van der Waals surface area contributed by atoms with Crippen molar-refractivity contribution in [3.8, 4) is 0 Å². The third kappa shape index (κ3) is 2.07. The first-order valence-electron chi connectivity index (χ1n) is 6.09. The summed E-state index contributed by atoms with van der Waals surface area (Å²) in [5, 5.41) is 0. The van der Waals surface area contributed by atoms with Crippen LogP contribution >= 0.6 is 0 Å². The van der Waals surface area contributed by atoms with E-state index in [1.807, 2.05) is 0 Å². The molecule has 0 aromatic heterocycles. The maximum Gasteiger partial charge on any atom is 0.0411 e. The molecular formula is C14H21N. The molecule has 0 bridgehead atoms. The van der Waals surface area contributed by atoms with E-state index < -0.39 is 0 Å². The fraction of sp³-hybridized carbons (Fsp3) is 0.571. The molecule has 1 aromatic carbocycles. The van der Waals surface area contributed by atoms with Gasteiger partial charge in [-0.25, -0.2) is 0 Å². The van der Waals surface area contributed by atoms with Gasteiger partial charge in [0.15, 0.2) is 0 Å². The second-order valence-electron chi connectivity index (χ2n) is 4.80. The summed E-state index contributed by atoms with van der Waals surface area (Å²) >= 11 is 0. The van der Waals surface area contributed by atoms with Gasteiger partial charge in [0.2, 0.25) is 0 Å². The van der Waals surface area contributed by atoms with Gasteiger partial charge in [-0.3, -0.25) is 0 Å². The lowest BCUT2D eigenvalue weighted by Gasteiger charge is -2.16. The molecule has 0 aliphatic heterocycles. The topological polar surface area (TPSA) is 26.0 Å². The van der Waals surface area contributed by atoms with Crippen molar-refractivity contribution in [2.75, 3.05) is 0 Å². The molecule has 0 amide bonds. The minimum atomic E-state index is 0.0159. The van der Waals surface area contributed by atoms with Crippen molar-refractivity contribution < 1.29 is 0 Å². The van der Waals surface area contributed by atoms with Gasteiger partial charge in [0.05, 0.1) is 0 Å². The molecule has 82 valence electrons. The molecule has 2 rings (SSSR count). The van der Waals surface area contributed by atoms with Crippen LogP contribution < -0.4 is 5.73 Å². The molecule has 1 heteroatoms. The number of nitrogens with two attached hydrogens (primary N) is 1. The second kappa shape index (κ2) is 3.97. The highest BCUT2D eigenvalue weighted by atomic mass is 14.8. The lowest BCUT2D eigenvalue weighted by molar-refractivity contribution is 0.637.